The molecule has 0 radical (unpaired) electrons. The van der Waals surface area contributed by atoms with E-state index in [-0.39, 0.29) is 5.91 Å². The highest BCUT2D eigenvalue weighted by Crippen LogP contribution is 2.32. The largest absolute Gasteiger partial charge is 0.389 e. The van der Waals surface area contributed by atoms with Crippen molar-refractivity contribution in [3.8, 4) is 0 Å². The van der Waals surface area contributed by atoms with Crippen LogP contribution in [-0.4, -0.2) is 30.2 Å². The Balaban J connectivity index is 1.70. The fourth-order valence-electron chi connectivity index (χ4n) is 3.84. The summed E-state index contributed by atoms with van der Waals surface area (Å²) in [5, 5.41) is 17.1. The standard InChI is InChI=1S/C20H22N2O3/c23-18-11-21-10-9-20(18,15-6-2-1-3-7-15)22-19(24)16-8-4-5-14-12-25-13-17(14)16/h1-8,18,21,23H,9-13H2,(H,22,24)/t18-,20+/m1/s1. The number of hydrogen-bond donors (Lipinski definition) is 3. The van der Waals surface area contributed by atoms with Crippen LogP contribution in [0.25, 0.3) is 0 Å². The van der Waals surface area contributed by atoms with Gasteiger partial charge in [-0.1, -0.05) is 42.5 Å². The van der Waals surface area contributed by atoms with Crippen LogP contribution in [0.2, 0.25) is 0 Å². The Labute approximate surface area is 147 Å². The molecule has 1 saturated heterocycles. The average molecular weight is 338 g/mol. The van der Waals surface area contributed by atoms with Crippen LogP contribution in [0.5, 0.6) is 0 Å². The summed E-state index contributed by atoms with van der Waals surface area (Å²) in [6.45, 7) is 2.20. The van der Waals surface area contributed by atoms with Crippen LogP contribution in [0.15, 0.2) is 48.5 Å². The highest BCUT2D eigenvalue weighted by Gasteiger charge is 2.43. The predicted octanol–water partition coefficient (Wildman–Crippen LogP) is 1.70. The van der Waals surface area contributed by atoms with Gasteiger partial charge < -0.3 is 20.5 Å². The zero-order chi connectivity index (χ0) is 17.3. The molecule has 25 heavy (non-hydrogen) atoms. The van der Waals surface area contributed by atoms with Crippen LogP contribution in [0, 0.1) is 0 Å². The Hall–Kier alpha value is -2.21. The summed E-state index contributed by atoms with van der Waals surface area (Å²) in [7, 11) is 0. The second-order valence-electron chi connectivity index (χ2n) is 6.70. The van der Waals surface area contributed by atoms with E-state index in [9.17, 15) is 9.90 Å². The molecule has 0 saturated carbocycles. The van der Waals surface area contributed by atoms with Gasteiger partial charge in [0.15, 0.2) is 0 Å². The Morgan fingerprint density at radius 2 is 2.00 bits per heavy atom. The molecule has 2 heterocycles. The first-order valence-corrected chi connectivity index (χ1v) is 8.66. The number of ether oxygens (including phenoxy) is 1. The van der Waals surface area contributed by atoms with E-state index in [2.05, 4.69) is 10.6 Å². The van der Waals surface area contributed by atoms with Crippen molar-refractivity contribution < 1.29 is 14.6 Å². The first kappa shape index (κ1) is 16.3. The van der Waals surface area contributed by atoms with Crippen molar-refractivity contribution in [2.24, 2.45) is 0 Å². The van der Waals surface area contributed by atoms with Gasteiger partial charge in [-0.15, -0.1) is 0 Å². The van der Waals surface area contributed by atoms with Crippen LogP contribution in [0.3, 0.4) is 0 Å². The molecule has 2 aromatic rings. The molecule has 1 fully saturated rings. The molecule has 0 spiro atoms. The smallest absolute Gasteiger partial charge is 0.252 e. The molecule has 5 heteroatoms. The topological polar surface area (TPSA) is 70.6 Å². The van der Waals surface area contributed by atoms with Gasteiger partial charge in [-0.3, -0.25) is 4.79 Å². The van der Waals surface area contributed by atoms with E-state index < -0.39 is 11.6 Å². The maximum atomic E-state index is 13.1. The molecule has 130 valence electrons. The van der Waals surface area contributed by atoms with Crippen molar-refractivity contribution in [3.05, 3.63) is 70.8 Å². The lowest BCUT2D eigenvalue weighted by Crippen LogP contribution is -2.61. The second-order valence-corrected chi connectivity index (χ2v) is 6.70. The number of aliphatic hydroxyl groups is 1. The van der Waals surface area contributed by atoms with Gasteiger partial charge >= 0.3 is 0 Å². The highest BCUT2D eigenvalue weighted by atomic mass is 16.5. The summed E-state index contributed by atoms with van der Waals surface area (Å²) >= 11 is 0. The molecule has 2 aromatic carbocycles. The lowest BCUT2D eigenvalue weighted by atomic mass is 9.79. The van der Waals surface area contributed by atoms with E-state index in [0.717, 1.165) is 23.2 Å². The summed E-state index contributed by atoms with van der Waals surface area (Å²) in [6.07, 6.45) is -0.0595. The van der Waals surface area contributed by atoms with Gasteiger partial charge in [0.05, 0.1) is 24.9 Å². The summed E-state index contributed by atoms with van der Waals surface area (Å²) in [4.78, 5) is 13.1. The number of nitrogens with one attached hydrogen (secondary N) is 2. The minimum atomic E-state index is -0.786. The zero-order valence-electron chi connectivity index (χ0n) is 14.0. The zero-order valence-corrected chi connectivity index (χ0v) is 14.0. The Morgan fingerprint density at radius 3 is 2.80 bits per heavy atom. The van der Waals surface area contributed by atoms with Crippen LogP contribution >= 0.6 is 0 Å². The Kier molecular flexibility index (Phi) is 4.29. The quantitative estimate of drug-likeness (QED) is 0.797. The van der Waals surface area contributed by atoms with Gasteiger partial charge in [-0.05, 0) is 35.7 Å². The number of aliphatic hydroxyl groups excluding tert-OH is 1. The lowest BCUT2D eigenvalue weighted by molar-refractivity contribution is 0.0289. The average Bonchev–Trinajstić information content (AvgIpc) is 3.13. The van der Waals surface area contributed by atoms with Crippen LogP contribution in [0.4, 0.5) is 0 Å². The molecular formula is C20H22N2O3. The van der Waals surface area contributed by atoms with E-state index >= 15 is 0 Å². The lowest BCUT2D eigenvalue weighted by Gasteiger charge is -2.43. The molecular weight excluding hydrogens is 316 g/mol. The third-order valence-corrected chi connectivity index (χ3v) is 5.25. The maximum Gasteiger partial charge on any atom is 0.252 e. The number of piperidine rings is 1. The van der Waals surface area contributed by atoms with E-state index in [4.69, 9.17) is 4.74 Å². The van der Waals surface area contributed by atoms with Crippen molar-refractivity contribution in [3.63, 3.8) is 0 Å². The van der Waals surface area contributed by atoms with Crippen molar-refractivity contribution in [1.29, 1.82) is 0 Å². The van der Waals surface area contributed by atoms with E-state index in [1.54, 1.807) is 0 Å². The van der Waals surface area contributed by atoms with Gasteiger partial charge in [0.25, 0.3) is 5.91 Å². The summed E-state index contributed by atoms with van der Waals surface area (Å²) in [5.74, 6) is -0.160. The first-order valence-electron chi connectivity index (χ1n) is 8.66. The molecule has 0 unspecified atom stereocenters. The number of benzene rings is 2. The number of carbonyl (C=O) groups is 1. The summed E-state index contributed by atoms with van der Waals surface area (Å²) < 4.78 is 5.49. The van der Waals surface area contributed by atoms with Crippen molar-refractivity contribution in [2.45, 2.75) is 31.3 Å². The molecule has 3 N–H and O–H groups in total. The number of β-amino-alcohol motifs (C(OH)–C–C–N with tert-alkyl or cyclic N) is 1. The van der Waals surface area contributed by atoms with E-state index in [1.807, 2.05) is 48.5 Å². The fourth-order valence-corrected chi connectivity index (χ4v) is 3.84. The summed E-state index contributed by atoms with van der Waals surface area (Å²) in [5.41, 5.74) is 2.79. The number of amides is 1. The summed E-state index contributed by atoms with van der Waals surface area (Å²) in [6, 6.07) is 15.4. The second kappa shape index (κ2) is 6.59. The van der Waals surface area contributed by atoms with Crippen LogP contribution < -0.4 is 10.6 Å². The number of hydrogen-bond acceptors (Lipinski definition) is 4. The normalized spacial score (nSPS) is 25.4. The monoisotopic (exact) mass is 338 g/mol. The molecule has 2 aliphatic rings. The van der Waals surface area contributed by atoms with E-state index in [1.165, 1.54) is 0 Å². The van der Waals surface area contributed by atoms with Gasteiger partial charge in [0.2, 0.25) is 0 Å². The van der Waals surface area contributed by atoms with Crippen LogP contribution in [0.1, 0.15) is 33.5 Å². The molecule has 2 atom stereocenters. The third-order valence-electron chi connectivity index (χ3n) is 5.25. The minimum absolute atomic E-state index is 0.160. The van der Waals surface area contributed by atoms with Crippen LogP contribution in [-0.2, 0) is 23.5 Å². The fraction of sp³-hybridized carbons (Fsp3) is 0.350. The molecule has 4 rings (SSSR count). The Morgan fingerprint density at radius 1 is 1.16 bits per heavy atom. The van der Waals surface area contributed by atoms with Gasteiger partial charge in [-0.25, -0.2) is 0 Å². The molecule has 0 aromatic heterocycles. The number of carbonyl (C=O) groups excluding carboxylic acids is 1. The van der Waals surface area contributed by atoms with E-state index in [0.29, 0.717) is 31.7 Å². The number of fused-ring (bicyclic) bond motifs is 1. The molecule has 0 aliphatic carbocycles. The molecule has 5 nitrogen and oxygen atoms in total. The van der Waals surface area contributed by atoms with Gasteiger partial charge in [-0.2, -0.15) is 0 Å². The number of rotatable bonds is 3. The first-order chi connectivity index (χ1) is 12.2. The Bertz CT molecular complexity index is 778. The molecule has 1 amide bonds. The van der Waals surface area contributed by atoms with Crippen molar-refractivity contribution in [1.82, 2.24) is 10.6 Å². The van der Waals surface area contributed by atoms with Gasteiger partial charge in [0, 0.05) is 12.1 Å². The predicted molar refractivity (Wildman–Crippen MR) is 94.0 cm³/mol. The SMILES string of the molecule is O=C(N[C@]1(c2ccccc2)CCNC[C@H]1O)c1cccc2c1COC2. The molecule has 0 bridgehead atoms. The van der Waals surface area contributed by atoms with Crippen molar-refractivity contribution in [2.75, 3.05) is 13.1 Å². The molecule has 2 aliphatic heterocycles. The van der Waals surface area contributed by atoms with Gasteiger partial charge in [0.1, 0.15) is 0 Å². The maximum absolute atomic E-state index is 13.1. The minimum Gasteiger partial charge on any atom is -0.389 e. The third kappa shape index (κ3) is 2.84. The van der Waals surface area contributed by atoms with Crippen molar-refractivity contribution >= 4 is 5.91 Å². The highest BCUT2D eigenvalue weighted by molar-refractivity contribution is 5.96.